The van der Waals surface area contributed by atoms with Gasteiger partial charge in [0.25, 0.3) is 0 Å². The molecule has 5 heteroatoms. The van der Waals surface area contributed by atoms with E-state index >= 15 is 0 Å². The van der Waals surface area contributed by atoms with E-state index in [-0.39, 0.29) is 6.10 Å². The van der Waals surface area contributed by atoms with Crippen LogP contribution >= 0.6 is 0 Å². The number of nitrogens with zero attached hydrogens (tertiary/aromatic N) is 4. The number of rotatable bonds is 3. The molecule has 0 aliphatic carbocycles. The van der Waals surface area contributed by atoms with Gasteiger partial charge in [0.05, 0.1) is 6.54 Å². The summed E-state index contributed by atoms with van der Waals surface area (Å²) in [6, 6.07) is 3.83. The molecule has 1 saturated heterocycles. The first-order valence-corrected chi connectivity index (χ1v) is 6.84. The molecule has 5 nitrogen and oxygen atoms in total. The second kappa shape index (κ2) is 5.45. The molecule has 0 aromatic carbocycles. The molecule has 1 fully saturated rings. The summed E-state index contributed by atoms with van der Waals surface area (Å²) < 4.78 is 6.05. The fourth-order valence-corrected chi connectivity index (χ4v) is 2.37. The van der Waals surface area contributed by atoms with Crippen LogP contribution < -0.4 is 9.64 Å². The summed E-state index contributed by atoms with van der Waals surface area (Å²) in [4.78, 5) is 15.0. The second-order valence-corrected chi connectivity index (χ2v) is 5.11. The number of pyridine rings is 1. The van der Waals surface area contributed by atoms with Crippen molar-refractivity contribution >= 4 is 5.95 Å². The zero-order valence-corrected chi connectivity index (χ0v) is 11.8. The highest BCUT2D eigenvalue weighted by atomic mass is 16.5. The highest BCUT2D eigenvalue weighted by molar-refractivity contribution is 5.33. The standard InChI is InChI=1S/C15H18N4O/c1-11-9-16-6-4-14(11)20-13-5-8-19(10-13)15-17-7-3-12(2)18-15/h3-4,6-7,9,13H,5,8,10H2,1-2H3. The van der Waals surface area contributed by atoms with E-state index in [0.29, 0.717) is 0 Å². The predicted octanol–water partition coefficient (Wildman–Crippen LogP) is 2.15. The van der Waals surface area contributed by atoms with Crippen molar-refractivity contribution in [3.63, 3.8) is 0 Å². The van der Waals surface area contributed by atoms with Crippen molar-refractivity contribution < 1.29 is 4.74 Å². The summed E-state index contributed by atoms with van der Waals surface area (Å²) >= 11 is 0. The van der Waals surface area contributed by atoms with Gasteiger partial charge in [-0.3, -0.25) is 4.98 Å². The van der Waals surface area contributed by atoms with E-state index in [1.165, 1.54) is 0 Å². The summed E-state index contributed by atoms with van der Waals surface area (Å²) in [7, 11) is 0. The first-order valence-electron chi connectivity index (χ1n) is 6.84. The van der Waals surface area contributed by atoms with Crippen LogP contribution in [0.15, 0.2) is 30.7 Å². The lowest BCUT2D eigenvalue weighted by Crippen LogP contribution is -2.26. The topological polar surface area (TPSA) is 51.1 Å². The third-order valence-electron chi connectivity index (χ3n) is 3.47. The number of aryl methyl sites for hydroxylation is 2. The molecule has 1 aliphatic heterocycles. The van der Waals surface area contributed by atoms with E-state index in [1.54, 1.807) is 12.4 Å². The molecule has 1 aliphatic rings. The third kappa shape index (κ3) is 2.71. The average molecular weight is 270 g/mol. The zero-order valence-electron chi connectivity index (χ0n) is 11.8. The van der Waals surface area contributed by atoms with Crippen molar-refractivity contribution in [2.24, 2.45) is 0 Å². The van der Waals surface area contributed by atoms with Crippen molar-refractivity contribution in [3.8, 4) is 5.75 Å². The molecule has 20 heavy (non-hydrogen) atoms. The minimum Gasteiger partial charge on any atom is -0.488 e. The number of hydrogen-bond acceptors (Lipinski definition) is 5. The molecule has 2 aromatic heterocycles. The van der Waals surface area contributed by atoms with Gasteiger partial charge in [0.1, 0.15) is 11.9 Å². The smallest absolute Gasteiger partial charge is 0.225 e. The molecule has 0 spiro atoms. The highest BCUT2D eigenvalue weighted by Crippen LogP contribution is 2.23. The van der Waals surface area contributed by atoms with Gasteiger partial charge in [-0.05, 0) is 26.0 Å². The Morgan fingerprint density at radius 3 is 2.95 bits per heavy atom. The van der Waals surface area contributed by atoms with Crippen LogP contribution in [0, 0.1) is 13.8 Å². The Hall–Kier alpha value is -2.17. The normalized spacial score (nSPS) is 18.3. The van der Waals surface area contributed by atoms with Gasteiger partial charge in [0, 0.05) is 42.8 Å². The molecule has 2 aromatic rings. The molecule has 3 heterocycles. The Balaban J connectivity index is 1.67. The van der Waals surface area contributed by atoms with Gasteiger partial charge in [-0.1, -0.05) is 0 Å². The van der Waals surface area contributed by atoms with Crippen LogP contribution in [0.5, 0.6) is 5.75 Å². The Kier molecular flexibility index (Phi) is 3.50. The molecule has 3 rings (SSSR count). The van der Waals surface area contributed by atoms with Gasteiger partial charge < -0.3 is 9.64 Å². The second-order valence-electron chi connectivity index (χ2n) is 5.11. The SMILES string of the molecule is Cc1ccnc(N2CCC(Oc3ccncc3C)C2)n1. The summed E-state index contributed by atoms with van der Waals surface area (Å²) in [6.07, 6.45) is 6.56. The van der Waals surface area contributed by atoms with Gasteiger partial charge in [-0.15, -0.1) is 0 Å². The molecular formula is C15H18N4O. The Bertz CT molecular complexity index is 602. The Morgan fingerprint density at radius 2 is 2.15 bits per heavy atom. The average Bonchev–Trinajstić information content (AvgIpc) is 2.90. The van der Waals surface area contributed by atoms with E-state index in [0.717, 1.165) is 42.5 Å². The van der Waals surface area contributed by atoms with Crippen LogP contribution in [-0.2, 0) is 0 Å². The van der Waals surface area contributed by atoms with E-state index in [9.17, 15) is 0 Å². The minimum absolute atomic E-state index is 0.181. The number of ether oxygens (including phenoxy) is 1. The first kappa shape index (κ1) is 12.8. The molecule has 0 amide bonds. The minimum atomic E-state index is 0.181. The molecule has 0 bridgehead atoms. The maximum atomic E-state index is 6.05. The van der Waals surface area contributed by atoms with Crippen LogP contribution in [0.4, 0.5) is 5.95 Å². The maximum Gasteiger partial charge on any atom is 0.225 e. The first-order chi connectivity index (χ1) is 9.72. The van der Waals surface area contributed by atoms with Crippen molar-refractivity contribution in [2.75, 3.05) is 18.0 Å². The molecule has 1 unspecified atom stereocenters. The lowest BCUT2D eigenvalue weighted by Gasteiger charge is -2.17. The van der Waals surface area contributed by atoms with Gasteiger partial charge in [-0.2, -0.15) is 0 Å². The zero-order chi connectivity index (χ0) is 13.9. The van der Waals surface area contributed by atoms with Gasteiger partial charge in [0.15, 0.2) is 0 Å². The number of anilines is 1. The van der Waals surface area contributed by atoms with Gasteiger partial charge in [-0.25, -0.2) is 9.97 Å². The van der Waals surface area contributed by atoms with Crippen LogP contribution in [0.25, 0.3) is 0 Å². The maximum absolute atomic E-state index is 6.05. The fourth-order valence-electron chi connectivity index (χ4n) is 2.37. The van der Waals surface area contributed by atoms with Crippen molar-refractivity contribution in [3.05, 3.63) is 42.0 Å². The van der Waals surface area contributed by atoms with Crippen LogP contribution in [0.1, 0.15) is 17.7 Å². The Labute approximate surface area is 118 Å². The van der Waals surface area contributed by atoms with Crippen LogP contribution in [0.2, 0.25) is 0 Å². The van der Waals surface area contributed by atoms with Crippen LogP contribution in [-0.4, -0.2) is 34.1 Å². The highest BCUT2D eigenvalue weighted by Gasteiger charge is 2.26. The Morgan fingerprint density at radius 1 is 1.25 bits per heavy atom. The van der Waals surface area contributed by atoms with E-state index < -0.39 is 0 Å². The third-order valence-corrected chi connectivity index (χ3v) is 3.47. The lowest BCUT2D eigenvalue weighted by atomic mass is 10.2. The summed E-state index contributed by atoms with van der Waals surface area (Å²) in [5, 5.41) is 0. The number of hydrogen-bond donors (Lipinski definition) is 0. The van der Waals surface area contributed by atoms with Gasteiger partial charge in [0.2, 0.25) is 5.95 Å². The van der Waals surface area contributed by atoms with Crippen LogP contribution in [0.3, 0.4) is 0 Å². The molecule has 1 atom stereocenters. The quantitative estimate of drug-likeness (QED) is 0.855. The summed E-state index contributed by atoms with van der Waals surface area (Å²) in [5.74, 6) is 1.71. The summed E-state index contributed by atoms with van der Waals surface area (Å²) in [5.41, 5.74) is 2.06. The molecule has 0 radical (unpaired) electrons. The fraction of sp³-hybridized carbons (Fsp3) is 0.400. The van der Waals surface area contributed by atoms with E-state index in [2.05, 4.69) is 19.9 Å². The van der Waals surface area contributed by atoms with Crippen molar-refractivity contribution in [1.82, 2.24) is 15.0 Å². The van der Waals surface area contributed by atoms with Crippen molar-refractivity contribution in [2.45, 2.75) is 26.4 Å². The molecule has 104 valence electrons. The largest absolute Gasteiger partial charge is 0.488 e. The molecule has 0 N–H and O–H groups in total. The lowest BCUT2D eigenvalue weighted by molar-refractivity contribution is 0.223. The monoisotopic (exact) mass is 270 g/mol. The molecular weight excluding hydrogens is 252 g/mol. The predicted molar refractivity (Wildman–Crippen MR) is 77.0 cm³/mol. The molecule has 0 saturated carbocycles. The van der Waals surface area contributed by atoms with E-state index in [4.69, 9.17) is 4.74 Å². The van der Waals surface area contributed by atoms with E-state index in [1.807, 2.05) is 32.2 Å². The summed E-state index contributed by atoms with van der Waals surface area (Å²) in [6.45, 7) is 5.75. The number of aromatic nitrogens is 3. The van der Waals surface area contributed by atoms with Crippen molar-refractivity contribution in [1.29, 1.82) is 0 Å². The van der Waals surface area contributed by atoms with Gasteiger partial charge >= 0.3 is 0 Å².